The molecule has 1 aliphatic rings. The molecule has 0 unspecified atom stereocenters. The molecule has 0 saturated carbocycles. The number of nitrogens with zero attached hydrogens (tertiary/aromatic N) is 1. The maximum Gasteiger partial charge on any atom is 0.265 e. The van der Waals surface area contributed by atoms with E-state index in [0.717, 1.165) is 25.3 Å². The summed E-state index contributed by atoms with van der Waals surface area (Å²) in [7, 11) is 0. The fourth-order valence-corrected chi connectivity index (χ4v) is 1.74. The van der Waals surface area contributed by atoms with Crippen LogP contribution < -0.4 is 10.9 Å². The summed E-state index contributed by atoms with van der Waals surface area (Å²) in [5, 5.41) is 3.21. The average Bonchev–Trinajstić information content (AvgIpc) is 2.12. The molecule has 0 amide bonds. The molecule has 1 aromatic rings. The molecule has 3 nitrogen and oxygen atoms in total. The van der Waals surface area contributed by atoms with Crippen LogP contribution >= 0.6 is 15.9 Å². The van der Waals surface area contributed by atoms with Gasteiger partial charge >= 0.3 is 0 Å². The van der Waals surface area contributed by atoms with Crippen LogP contribution in [0, 0.1) is 0 Å². The predicted octanol–water partition coefficient (Wildman–Crippen LogP) is 0.714. The van der Waals surface area contributed by atoms with Gasteiger partial charge in [-0.2, -0.15) is 0 Å². The van der Waals surface area contributed by atoms with Crippen molar-refractivity contribution in [3.8, 4) is 0 Å². The molecular formula is C8H9BrN2O. The van der Waals surface area contributed by atoms with Crippen LogP contribution in [-0.2, 0) is 13.1 Å². The molecule has 0 bridgehead atoms. The van der Waals surface area contributed by atoms with E-state index in [1.165, 1.54) is 0 Å². The Morgan fingerprint density at radius 3 is 3.17 bits per heavy atom. The Bertz CT molecular complexity index is 359. The molecule has 0 atom stereocenters. The third-order valence-corrected chi connectivity index (χ3v) is 2.64. The van der Waals surface area contributed by atoms with Gasteiger partial charge in [-0.25, -0.2) is 0 Å². The van der Waals surface area contributed by atoms with Crippen molar-refractivity contribution in [3.05, 3.63) is 32.7 Å². The molecule has 1 aromatic heterocycles. The Morgan fingerprint density at radius 2 is 2.33 bits per heavy atom. The Hall–Kier alpha value is -0.610. The lowest BCUT2D eigenvalue weighted by molar-refractivity contribution is 0.497. The van der Waals surface area contributed by atoms with E-state index >= 15 is 0 Å². The normalized spacial score (nSPS) is 15.8. The second-order valence-electron chi connectivity index (χ2n) is 2.81. The van der Waals surface area contributed by atoms with Gasteiger partial charge in [-0.1, -0.05) is 0 Å². The monoisotopic (exact) mass is 228 g/mol. The second kappa shape index (κ2) is 3.03. The van der Waals surface area contributed by atoms with Crippen molar-refractivity contribution in [1.82, 2.24) is 9.88 Å². The molecule has 1 N–H and O–H groups in total. The van der Waals surface area contributed by atoms with Crippen LogP contribution in [0.2, 0.25) is 0 Å². The standard InChI is InChI=1S/C8H9BrN2O/c9-7-2-1-6-5-10-3-4-11(6)8(7)12/h1-2,10H,3-5H2. The number of hydrogen-bond donors (Lipinski definition) is 1. The number of pyridine rings is 1. The summed E-state index contributed by atoms with van der Waals surface area (Å²) in [6.45, 7) is 2.44. The Labute approximate surface area is 78.5 Å². The second-order valence-corrected chi connectivity index (χ2v) is 3.66. The van der Waals surface area contributed by atoms with Crippen LogP contribution in [0.25, 0.3) is 0 Å². The van der Waals surface area contributed by atoms with Crippen molar-refractivity contribution in [2.45, 2.75) is 13.1 Å². The highest BCUT2D eigenvalue weighted by Gasteiger charge is 2.09. The molecule has 2 heterocycles. The fraction of sp³-hybridized carbons (Fsp3) is 0.375. The number of halogens is 1. The van der Waals surface area contributed by atoms with E-state index in [4.69, 9.17) is 0 Å². The first-order chi connectivity index (χ1) is 5.79. The molecule has 4 heteroatoms. The van der Waals surface area contributed by atoms with E-state index in [1.54, 1.807) is 10.6 Å². The molecule has 0 radical (unpaired) electrons. The largest absolute Gasteiger partial charge is 0.309 e. The lowest BCUT2D eigenvalue weighted by atomic mass is 10.3. The predicted molar refractivity (Wildman–Crippen MR) is 50.1 cm³/mol. The zero-order valence-corrected chi connectivity index (χ0v) is 8.10. The zero-order chi connectivity index (χ0) is 8.55. The number of rotatable bonds is 0. The van der Waals surface area contributed by atoms with Gasteiger partial charge < -0.3 is 9.88 Å². The summed E-state index contributed by atoms with van der Waals surface area (Å²) < 4.78 is 2.45. The molecule has 0 saturated heterocycles. The minimum absolute atomic E-state index is 0.0778. The van der Waals surface area contributed by atoms with Gasteiger partial charge in [0.05, 0.1) is 4.47 Å². The molecule has 1 aliphatic heterocycles. The topological polar surface area (TPSA) is 34.0 Å². The van der Waals surface area contributed by atoms with Crippen LogP contribution in [0.15, 0.2) is 21.4 Å². The molecule has 0 aliphatic carbocycles. The SMILES string of the molecule is O=c1c(Br)ccc2n1CCNC2. The van der Waals surface area contributed by atoms with Crippen LogP contribution in [-0.4, -0.2) is 11.1 Å². The van der Waals surface area contributed by atoms with E-state index in [9.17, 15) is 4.79 Å². The number of fused-ring (bicyclic) bond motifs is 1. The van der Waals surface area contributed by atoms with Crippen LogP contribution in [0.3, 0.4) is 0 Å². The maximum absolute atomic E-state index is 11.5. The van der Waals surface area contributed by atoms with Crippen LogP contribution in [0.4, 0.5) is 0 Å². The van der Waals surface area contributed by atoms with Crippen molar-refractivity contribution >= 4 is 15.9 Å². The summed E-state index contributed by atoms with van der Waals surface area (Å²) in [6.07, 6.45) is 0. The first kappa shape index (κ1) is 8.01. The minimum Gasteiger partial charge on any atom is -0.309 e. The lowest BCUT2D eigenvalue weighted by Crippen LogP contribution is -2.35. The van der Waals surface area contributed by atoms with Gasteiger partial charge in [0.1, 0.15) is 0 Å². The molecule has 12 heavy (non-hydrogen) atoms. The third kappa shape index (κ3) is 1.21. The summed E-state index contributed by atoms with van der Waals surface area (Å²) in [4.78, 5) is 11.5. The summed E-state index contributed by atoms with van der Waals surface area (Å²) in [5.74, 6) is 0. The maximum atomic E-state index is 11.5. The first-order valence-corrected chi connectivity index (χ1v) is 4.67. The molecule has 0 spiro atoms. The number of nitrogens with one attached hydrogen (secondary N) is 1. The first-order valence-electron chi connectivity index (χ1n) is 3.88. The zero-order valence-electron chi connectivity index (χ0n) is 6.51. The van der Waals surface area contributed by atoms with E-state index in [0.29, 0.717) is 4.47 Å². The van der Waals surface area contributed by atoms with Crippen molar-refractivity contribution in [2.24, 2.45) is 0 Å². The van der Waals surface area contributed by atoms with Crippen molar-refractivity contribution in [2.75, 3.05) is 6.54 Å². The number of hydrogen-bond acceptors (Lipinski definition) is 2. The van der Waals surface area contributed by atoms with E-state index in [1.807, 2.05) is 6.07 Å². The van der Waals surface area contributed by atoms with Crippen molar-refractivity contribution in [1.29, 1.82) is 0 Å². The fourth-order valence-electron chi connectivity index (χ4n) is 1.40. The van der Waals surface area contributed by atoms with Crippen molar-refractivity contribution < 1.29 is 0 Å². The van der Waals surface area contributed by atoms with E-state index in [2.05, 4.69) is 21.2 Å². The lowest BCUT2D eigenvalue weighted by Gasteiger charge is -2.18. The van der Waals surface area contributed by atoms with Gasteiger partial charge in [0.15, 0.2) is 0 Å². The van der Waals surface area contributed by atoms with Gasteiger partial charge in [0, 0.05) is 25.3 Å². The molecular weight excluding hydrogens is 220 g/mol. The molecule has 0 fully saturated rings. The van der Waals surface area contributed by atoms with Gasteiger partial charge in [-0.3, -0.25) is 4.79 Å². The van der Waals surface area contributed by atoms with Gasteiger partial charge in [0.2, 0.25) is 0 Å². The number of aromatic nitrogens is 1. The highest BCUT2D eigenvalue weighted by atomic mass is 79.9. The van der Waals surface area contributed by atoms with Crippen LogP contribution in [0.5, 0.6) is 0 Å². The summed E-state index contributed by atoms with van der Waals surface area (Å²) >= 11 is 3.22. The highest BCUT2D eigenvalue weighted by Crippen LogP contribution is 2.07. The van der Waals surface area contributed by atoms with Gasteiger partial charge in [0.25, 0.3) is 5.56 Å². The Kier molecular flexibility index (Phi) is 2.02. The molecule has 64 valence electrons. The Balaban J connectivity index is 2.62. The summed E-state index contributed by atoms with van der Waals surface area (Å²) in [5.41, 5.74) is 1.14. The van der Waals surface area contributed by atoms with E-state index in [-0.39, 0.29) is 5.56 Å². The third-order valence-electron chi connectivity index (χ3n) is 2.04. The molecule has 2 rings (SSSR count). The quantitative estimate of drug-likeness (QED) is 0.711. The van der Waals surface area contributed by atoms with Crippen LogP contribution in [0.1, 0.15) is 5.69 Å². The minimum atomic E-state index is 0.0778. The Morgan fingerprint density at radius 1 is 1.50 bits per heavy atom. The van der Waals surface area contributed by atoms with Crippen molar-refractivity contribution in [3.63, 3.8) is 0 Å². The van der Waals surface area contributed by atoms with E-state index < -0.39 is 0 Å². The molecule has 0 aromatic carbocycles. The highest BCUT2D eigenvalue weighted by molar-refractivity contribution is 9.10. The van der Waals surface area contributed by atoms with Gasteiger partial charge in [-0.05, 0) is 28.1 Å². The summed E-state index contributed by atoms with van der Waals surface area (Å²) in [6, 6.07) is 3.78. The van der Waals surface area contributed by atoms with Gasteiger partial charge in [-0.15, -0.1) is 0 Å². The average molecular weight is 229 g/mol. The smallest absolute Gasteiger partial charge is 0.265 e.